The van der Waals surface area contributed by atoms with Crippen LogP contribution in [0.15, 0.2) is 76.8 Å². The molecule has 7 heteroatoms. The summed E-state index contributed by atoms with van der Waals surface area (Å²) in [6, 6.07) is 22.0. The topological polar surface area (TPSA) is 71.3 Å². The molecule has 0 saturated heterocycles. The van der Waals surface area contributed by atoms with E-state index in [0.717, 1.165) is 10.0 Å². The second kappa shape index (κ2) is 11.4. The van der Waals surface area contributed by atoms with Gasteiger partial charge in [0.2, 0.25) is 0 Å². The molecular formula is C25H20BrClN2O3. The summed E-state index contributed by atoms with van der Waals surface area (Å²) >= 11 is 9.81. The minimum atomic E-state index is -0.520. The normalized spacial score (nSPS) is 10.9. The van der Waals surface area contributed by atoms with Gasteiger partial charge in [0, 0.05) is 10.2 Å². The maximum atomic E-state index is 12.6. The number of nitriles is 1. The van der Waals surface area contributed by atoms with E-state index >= 15 is 0 Å². The van der Waals surface area contributed by atoms with E-state index in [-0.39, 0.29) is 5.57 Å². The molecular weight excluding hydrogens is 492 g/mol. The number of amides is 1. The number of carbonyl (C=O) groups is 1. The molecule has 0 spiro atoms. The van der Waals surface area contributed by atoms with Crippen molar-refractivity contribution < 1.29 is 14.3 Å². The summed E-state index contributed by atoms with van der Waals surface area (Å²) in [5.41, 5.74) is 2.06. The van der Waals surface area contributed by atoms with Crippen molar-refractivity contribution in [2.24, 2.45) is 0 Å². The van der Waals surface area contributed by atoms with E-state index in [1.807, 2.05) is 43.3 Å². The summed E-state index contributed by atoms with van der Waals surface area (Å²) in [7, 11) is 0. The SMILES string of the molecule is CCOc1cc(/C=C(\C#N)C(=O)Nc2ccc(Br)cc2)cc(Cl)c1OCc1ccccc1. The van der Waals surface area contributed by atoms with Crippen LogP contribution in [0.5, 0.6) is 11.5 Å². The molecule has 0 unspecified atom stereocenters. The molecule has 0 aliphatic rings. The third kappa shape index (κ3) is 6.36. The van der Waals surface area contributed by atoms with Gasteiger partial charge in [-0.25, -0.2) is 0 Å². The zero-order chi connectivity index (χ0) is 22.9. The van der Waals surface area contributed by atoms with E-state index in [1.54, 1.807) is 36.4 Å². The van der Waals surface area contributed by atoms with Crippen molar-refractivity contribution in [3.05, 3.63) is 92.9 Å². The van der Waals surface area contributed by atoms with Gasteiger partial charge in [-0.1, -0.05) is 57.9 Å². The van der Waals surface area contributed by atoms with Crippen LogP contribution in [-0.4, -0.2) is 12.5 Å². The Bertz CT molecular complexity index is 1160. The van der Waals surface area contributed by atoms with E-state index in [4.69, 9.17) is 21.1 Å². The van der Waals surface area contributed by atoms with Crippen LogP contribution in [0.1, 0.15) is 18.1 Å². The predicted octanol–water partition coefficient (Wildman–Crippen LogP) is 6.63. The lowest BCUT2D eigenvalue weighted by atomic mass is 10.1. The molecule has 0 saturated carbocycles. The van der Waals surface area contributed by atoms with Crippen LogP contribution < -0.4 is 14.8 Å². The molecule has 1 amide bonds. The summed E-state index contributed by atoms with van der Waals surface area (Å²) in [5.74, 6) is 0.327. The Morgan fingerprint density at radius 2 is 1.84 bits per heavy atom. The monoisotopic (exact) mass is 510 g/mol. The molecule has 0 heterocycles. The van der Waals surface area contributed by atoms with E-state index < -0.39 is 5.91 Å². The van der Waals surface area contributed by atoms with Crippen molar-refractivity contribution in [3.8, 4) is 17.6 Å². The Labute approximate surface area is 200 Å². The molecule has 3 rings (SSSR count). The largest absolute Gasteiger partial charge is 0.490 e. The summed E-state index contributed by atoms with van der Waals surface area (Å²) in [6.45, 7) is 2.58. The number of hydrogen-bond acceptors (Lipinski definition) is 4. The number of ether oxygens (including phenoxy) is 2. The molecule has 32 heavy (non-hydrogen) atoms. The molecule has 0 fully saturated rings. The fourth-order valence-electron chi connectivity index (χ4n) is 2.85. The number of hydrogen-bond donors (Lipinski definition) is 1. The third-order valence-electron chi connectivity index (χ3n) is 4.34. The maximum Gasteiger partial charge on any atom is 0.266 e. The first kappa shape index (κ1) is 23.4. The number of carbonyl (C=O) groups excluding carboxylic acids is 1. The van der Waals surface area contributed by atoms with Gasteiger partial charge in [0.25, 0.3) is 5.91 Å². The molecule has 0 atom stereocenters. The highest BCUT2D eigenvalue weighted by atomic mass is 79.9. The molecule has 0 radical (unpaired) electrons. The average Bonchev–Trinajstić information content (AvgIpc) is 2.79. The highest BCUT2D eigenvalue weighted by Gasteiger charge is 2.15. The number of anilines is 1. The highest BCUT2D eigenvalue weighted by molar-refractivity contribution is 9.10. The standard InChI is InChI=1S/C25H20BrClN2O3/c1-2-31-23-14-18(13-22(27)24(23)32-16-17-6-4-3-5-7-17)12-19(15-28)25(30)29-21-10-8-20(26)9-11-21/h3-14H,2,16H2,1H3,(H,29,30)/b19-12+. The minimum Gasteiger partial charge on any atom is -0.490 e. The summed E-state index contributed by atoms with van der Waals surface area (Å²) < 4.78 is 12.5. The predicted molar refractivity (Wildman–Crippen MR) is 130 cm³/mol. The minimum absolute atomic E-state index is 0.0654. The molecule has 0 aliphatic carbocycles. The zero-order valence-corrected chi connectivity index (χ0v) is 19.6. The first-order valence-corrected chi connectivity index (χ1v) is 11.0. The average molecular weight is 512 g/mol. The van der Waals surface area contributed by atoms with Crippen molar-refractivity contribution in [2.45, 2.75) is 13.5 Å². The molecule has 162 valence electrons. The fraction of sp³-hybridized carbons (Fsp3) is 0.120. The van der Waals surface area contributed by atoms with Crippen molar-refractivity contribution >= 4 is 45.2 Å². The molecule has 3 aromatic rings. The summed E-state index contributed by atoms with van der Waals surface area (Å²) in [4.78, 5) is 12.6. The van der Waals surface area contributed by atoms with Gasteiger partial charge in [-0.15, -0.1) is 0 Å². The lowest BCUT2D eigenvalue weighted by Gasteiger charge is -2.15. The highest BCUT2D eigenvalue weighted by Crippen LogP contribution is 2.38. The molecule has 5 nitrogen and oxygen atoms in total. The van der Waals surface area contributed by atoms with Crippen LogP contribution in [0, 0.1) is 11.3 Å². The van der Waals surface area contributed by atoms with Crippen molar-refractivity contribution in [2.75, 3.05) is 11.9 Å². The number of nitrogens with zero attached hydrogens (tertiary/aromatic N) is 1. The lowest BCUT2D eigenvalue weighted by molar-refractivity contribution is -0.112. The van der Waals surface area contributed by atoms with Crippen LogP contribution in [-0.2, 0) is 11.4 Å². The Hall–Kier alpha value is -3.27. The van der Waals surface area contributed by atoms with E-state index in [1.165, 1.54) is 6.08 Å². The van der Waals surface area contributed by atoms with Gasteiger partial charge in [-0.05, 0) is 60.5 Å². The van der Waals surface area contributed by atoms with Gasteiger partial charge in [-0.3, -0.25) is 4.79 Å². The molecule has 0 bridgehead atoms. The molecule has 0 aliphatic heterocycles. The summed E-state index contributed by atoms with van der Waals surface area (Å²) in [6.07, 6.45) is 1.46. The first-order chi connectivity index (χ1) is 15.5. The Morgan fingerprint density at radius 1 is 1.12 bits per heavy atom. The third-order valence-corrected chi connectivity index (χ3v) is 5.15. The van der Waals surface area contributed by atoms with Gasteiger partial charge in [0.1, 0.15) is 18.2 Å². The molecule has 0 aromatic heterocycles. The zero-order valence-electron chi connectivity index (χ0n) is 17.3. The quantitative estimate of drug-likeness (QED) is 0.272. The smallest absolute Gasteiger partial charge is 0.266 e. The Kier molecular flexibility index (Phi) is 8.32. The Balaban J connectivity index is 1.83. The first-order valence-electron chi connectivity index (χ1n) is 9.82. The Morgan fingerprint density at radius 3 is 2.50 bits per heavy atom. The van der Waals surface area contributed by atoms with Crippen LogP contribution in [0.25, 0.3) is 6.08 Å². The number of halogens is 2. The number of nitrogens with one attached hydrogen (secondary N) is 1. The number of benzene rings is 3. The van der Waals surface area contributed by atoms with Gasteiger partial charge >= 0.3 is 0 Å². The van der Waals surface area contributed by atoms with Crippen LogP contribution >= 0.6 is 27.5 Å². The van der Waals surface area contributed by atoms with E-state index in [9.17, 15) is 10.1 Å². The van der Waals surface area contributed by atoms with Crippen molar-refractivity contribution in [1.29, 1.82) is 5.26 Å². The maximum absolute atomic E-state index is 12.6. The second-order valence-electron chi connectivity index (χ2n) is 6.67. The molecule has 1 N–H and O–H groups in total. The van der Waals surface area contributed by atoms with Crippen LogP contribution in [0.2, 0.25) is 5.02 Å². The number of rotatable bonds is 8. The van der Waals surface area contributed by atoms with Crippen LogP contribution in [0.3, 0.4) is 0 Å². The second-order valence-corrected chi connectivity index (χ2v) is 7.99. The van der Waals surface area contributed by atoms with E-state index in [0.29, 0.717) is 41.0 Å². The van der Waals surface area contributed by atoms with Gasteiger partial charge in [0.15, 0.2) is 11.5 Å². The van der Waals surface area contributed by atoms with Gasteiger partial charge in [0.05, 0.1) is 11.6 Å². The molecule has 3 aromatic carbocycles. The van der Waals surface area contributed by atoms with Crippen molar-refractivity contribution in [3.63, 3.8) is 0 Å². The van der Waals surface area contributed by atoms with E-state index in [2.05, 4.69) is 21.2 Å². The van der Waals surface area contributed by atoms with Gasteiger partial charge in [-0.2, -0.15) is 5.26 Å². The lowest BCUT2D eigenvalue weighted by Crippen LogP contribution is -2.13. The van der Waals surface area contributed by atoms with Crippen LogP contribution in [0.4, 0.5) is 5.69 Å². The fourth-order valence-corrected chi connectivity index (χ4v) is 3.39. The van der Waals surface area contributed by atoms with Gasteiger partial charge < -0.3 is 14.8 Å². The van der Waals surface area contributed by atoms with Crippen molar-refractivity contribution in [1.82, 2.24) is 0 Å². The summed E-state index contributed by atoms with van der Waals surface area (Å²) in [5, 5.41) is 12.5.